The van der Waals surface area contributed by atoms with Crippen molar-refractivity contribution >= 4 is 11.3 Å². The molecule has 3 rings (SSSR count). The molecule has 0 spiro atoms. The summed E-state index contributed by atoms with van der Waals surface area (Å²) >= 11 is 1.60. The quantitative estimate of drug-likeness (QED) is 0.750. The van der Waals surface area contributed by atoms with Crippen molar-refractivity contribution in [3.63, 3.8) is 0 Å². The van der Waals surface area contributed by atoms with Crippen molar-refractivity contribution in [3.05, 3.63) is 59.3 Å². The molecule has 5 heteroatoms. The minimum atomic E-state index is -0.0626. The van der Waals surface area contributed by atoms with E-state index in [0.717, 1.165) is 23.4 Å². The Hall–Kier alpha value is -1.98. The van der Waals surface area contributed by atoms with Gasteiger partial charge in [0.15, 0.2) is 0 Å². The van der Waals surface area contributed by atoms with E-state index in [0.29, 0.717) is 11.8 Å². The molecule has 0 aliphatic heterocycles. The van der Waals surface area contributed by atoms with Crippen LogP contribution < -0.4 is 5.32 Å². The fourth-order valence-corrected chi connectivity index (χ4v) is 2.78. The molecule has 21 heavy (non-hydrogen) atoms. The van der Waals surface area contributed by atoms with Crippen LogP contribution in [-0.2, 0) is 0 Å². The fourth-order valence-electron chi connectivity index (χ4n) is 2.13. The second kappa shape index (κ2) is 6.65. The van der Waals surface area contributed by atoms with Gasteiger partial charge in [0.05, 0.1) is 4.88 Å². The molecule has 0 bridgehead atoms. The first kappa shape index (κ1) is 14.0. The summed E-state index contributed by atoms with van der Waals surface area (Å²) in [5, 5.41) is 13.9. The lowest BCUT2D eigenvalue weighted by Crippen LogP contribution is -2.23. The van der Waals surface area contributed by atoms with Crippen LogP contribution in [0.4, 0.5) is 0 Å². The number of aromatic nitrogens is 2. The molecule has 1 atom stereocenters. The maximum Gasteiger partial charge on any atom is 0.257 e. The summed E-state index contributed by atoms with van der Waals surface area (Å²) in [7, 11) is 0. The number of nitrogens with zero attached hydrogens (tertiary/aromatic N) is 2. The summed E-state index contributed by atoms with van der Waals surface area (Å²) in [5.41, 5.74) is 1.13. The lowest BCUT2D eigenvalue weighted by Gasteiger charge is -2.14. The maximum absolute atomic E-state index is 5.87. The zero-order valence-corrected chi connectivity index (χ0v) is 12.6. The third-order valence-electron chi connectivity index (χ3n) is 3.15. The molecule has 2 heterocycles. The molecule has 0 saturated carbocycles. The molecule has 0 aliphatic rings. The van der Waals surface area contributed by atoms with E-state index in [9.17, 15) is 0 Å². The molecule has 0 amide bonds. The van der Waals surface area contributed by atoms with Crippen molar-refractivity contribution < 1.29 is 4.42 Å². The number of thiophene rings is 1. The normalized spacial score (nSPS) is 12.4. The first-order chi connectivity index (χ1) is 10.4. The standard InChI is InChI=1S/C16H17N3OS/c1-2-10-17-14(12-7-4-3-5-8-12)16-19-18-15(20-16)13-9-6-11-21-13/h3-9,11,14,17H,2,10H2,1H3. The Morgan fingerprint density at radius 3 is 2.71 bits per heavy atom. The van der Waals surface area contributed by atoms with Crippen LogP contribution in [0.15, 0.2) is 52.3 Å². The van der Waals surface area contributed by atoms with E-state index >= 15 is 0 Å². The van der Waals surface area contributed by atoms with Crippen LogP contribution in [0.5, 0.6) is 0 Å². The summed E-state index contributed by atoms with van der Waals surface area (Å²) in [6.07, 6.45) is 1.05. The van der Waals surface area contributed by atoms with Crippen molar-refractivity contribution in [1.82, 2.24) is 15.5 Å². The predicted molar refractivity (Wildman–Crippen MR) is 84.2 cm³/mol. The van der Waals surface area contributed by atoms with Crippen molar-refractivity contribution in [1.29, 1.82) is 0 Å². The van der Waals surface area contributed by atoms with Gasteiger partial charge in [0.2, 0.25) is 5.89 Å². The highest BCUT2D eigenvalue weighted by molar-refractivity contribution is 7.13. The summed E-state index contributed by atoms with van der Waals surface area (Å²) in [4.78, 5) is 0.996. The van der Waals surface area contributed by atoms with Crippen molar-refractivity contribution in [2.75, 3.05) is 6.54 Å². The molecule has 1 unspecified atom stereocenters. The van der Waals surface area contributed by atoms with Gasteiger partial charge in [-0.3, -0.25) is 0 Å². The minimum Gasteiger partial charge on any atom is -0.418 e. The van der Waals surface area contributed by atoms with E-state index in [1.54, 1.807) is 11.3 Å². The van der Waals surface area contributed by atoms with Gasteiger partial charge in [-0.15, -0.1) is 21.5 Å². The Labute approximate surface area is 127 Å². The van der Waals surface area contributed by atoms with Crippen LogP contribution in [-0.4, -0.2) is 16.7 Å². The number of hydrogen-bond acceptors (Lipinski definition) is 5. The molecule has 0 fully saturated rings. The molecule has 0 aliphatic carbocycles. The summed E-state index contributed by atoms with van der Waals surface area (Å²) in [6.45, 7) is 3.04. The molecule has 108 valence electrons. The number of hydrogen-bond donors (Lipinski definition) is 1. The number of rotatable bonds is 6. The van der Waals surface area contributed by atoms with E-state index in [4.69, 9.17) is 4.42 Å². The average Bonchev–Trinajstić information content (AvgIpc) is 3.20. The Morgan fingerprint density at radius 2 is 2.00 bits per heavy atom. The van der Waals surface area contributed by atoms with Crippen LogP contribution in [0.1, 0.15) is 30.8 Å². The van der Waals surface area contributed by atoms with Gasteiger partial charge in [0.25, 0.3) is 5.89 Å². The van der Waals surface area contributed by atoms with Gasteiger partial charge in [-0.25, -0.2) is 0 Å². The molecule has 2 aromatic heterocycles. The summed E-state index contributed by atoms with van der Waals surface area (Å²) in [6, 6.07) is 14.1. The topological polar surface area (TPSA) is 51.0 Å². The van der Waals surface area contributed by atoms with E-state index in [1.807, 2.05) is 35.7 Å². The first-order valence-corrected chi connectivity index (χ1v) is 7.92. The van der Waals surface area contributed by atoms with Gasteiger partial charge in [-0.1, -0.05) is 43.3 Å². The molecule has 1 aromatic carbocycles. The predicted octanol–water partition coefficient (Wildman–Crippen LogP) is 3.89. The molecule has 0 radical (unpaired) electrons. The highest BCUT2D eigenvalue weighted by Crippen LogP contribution is 2.27. The van der Waals surface area contributed by atoms with E-state index in [-0.39, 0.29) is 6.04 Å². The minimum absolute atomic E-state index is 0.0626. The molecular weight excluding hydrogens is 282 g/mol. The fraction of sp³-hybridized carbons (Fsp3) is 0.250. The smallest absolute Gasteiger partial charge is 0.257 e. The first-order valence-electron chi connectivity index (χ1n) is 7.04. The Morgan fingerprint density at radius 1 is 1.14 bits per heavy atom. The van der Waals surface area contributed by atoms with Crippen LogP contribution in [0.25, 0.3) is 10.8 Å². The Bertz CT molecular complexity index is 664. The second-order valence-corrected chi connectivity index (χ2v) is 5.67. The average molecular weight is 299 g/mol. The van der Waals surface area contributed by atoms with Crippen LogP contribution in [0, 0.1) is 0 Å². The number of nitrogens with one attached hydrogen (secondary N) is 1. The van der Waals surface area contributed by atoms with Crippen LogP contribution in [0.2, 0.25) is 0 Å². The largest absolute Gasteiger partial charge is 0.418 e. The Kier molecular flexibility index (Phi) is 4.43. The van der Waals surface area contributed by atoms with Crippen molar-refractivity contribution in [2.45, 2.75) is 19.4 Å². The third kappa shape index (κ3) is 3.20. The van der Waals surface area contributed by atoms with E-state index in [1.165, 1.54) is 0 Å². The van der Waals surface area contributed by atoms with Gasteiger partial charge >= 0.3 is 0 Å². The van der Waals surface area contributed by atoms with Crippen LogP contribution in [0.3, 0.4) is 0 Å². The van der Waals surface area contributed by atoms with Gasteiger partial charge in [0.1, 0.15) is 6.04 Å². The monoisotopic (exact) mass is 299 g/mol. The maximum atomic E-state index is 5.87. The highest BCUT2D eigenvalue weighted by atomic mass is 32.1. The molecule has 3 aromatic rings. The van der Waals surface area contributed by atoms with Crippen molar-refractivity contribution in [3.8, 4) is 10.8 Å². The van der Waals surface area contributed by atoms with E-state index < -0.39 is 0 Å². The van der Waals surface area contributed by atoms with Gasteiger partial charge in [-0.05, 0) is 30.0 Å². The zero-order chi connectivity index (χ0) is 14.5. The SMILES string of the molecule is CCCNC(c1ccccc1)c1nnc(-c2cccs2)o1. The van der Waals surface area contributed by atoms with Gasteiger partial charge in [0, 0.05) is 0 Å². The zero-order valence-electron chi connectivity index (χ0n) is 11.8. The molecule has 0 saturated heterocycles. The lowest BCUT2D eigenvalue weighted by atomic mass is 10.1. The number of benzene rings is 1. The molecule has 4 nitrogen and oxygen atoms in total. The highest BCUT2D eigenvalue weighted by Gasteiger charge is 2.20. The van der Waals surface area contributed by atoms with Gasteiger partial charge < -0.3 is 9.73 Å². The Balaban J connectivity index is 1.90. The second-order valence-electron chi connectivity index (χ2n) is 4.72. The summed E-state index contributed by atoms with van der Waals surface area (Å²) in [5.74, 6) is 1.19. The molecular formula is C16H17N3OS. The molecule has 1 N–H and O–H groups in total. The van der Waals surface area contributed by atoms with Crippen molar-refractivity contribution in [2.24, 2.45) is 0 Å². The summed E-state index contributed by atoms with van der Waals surface area (Å²) < 4.78 is 5.87. The third-order valence-corrected chi connectivity index (χ3v) is 4.01. The van der Waals surface area contributed by atoms with Crippen LogP contribution >= 0.6 is 11.3 Å². The van der Waals surface area contributed by atoms with E-state index in [2.05, 4.69) is 34.6 Å². The lowest BCUT2D eigenvalue weighted by molar-refractivity contribution is 0.439. The van der Waals surface area contributed by atoms with Gasteiger partial charge in [-0.2, -0.15) is 0 Å².